The fourth-order valence-electron chi connectivity index (χ4n) is 3.25. The Morgan fingerprint density at radius 3 is 2.54 bits per heavy atom. The van der Waals surface area contributed by atoms with Gasteiger partial charge in [-0.2, -0.15) is 5.10 Å². The van der Waals surface area contributed by atoms with Crippen LogP contribution in [0.2, 0.25) is 0 Å². The quantitative estimate of drug-likeness (QED) is 0.683. The molecular weight excluding hydrogens is 330 g/mol. The number of fused-ring (bicyclic) bond motifs is 1. The standard InChI is InChI=1S/C20H17N3O3/c1-26-20(25)18-13-14-7-5-6-10-17(14)23(18)19(24)16-11-12-22(21-16)15-8-3-2-4-9-15/h2-12,18H,13H2,1H3/t18-/m1/s1. The van der Waals surface area contributed by atoms with Crippen LogP contribution in [0.1, 0.15) is 16.1 Å². The number of methoxy groups -OCH3 is 1. The van der Waals surface area contributed by atoms with Gasteiger partial charge in [-0.15, -0.1) is 0 Å². The monoisotopic (exact) mass is 347 g/mol. The summed E-state index contributed by atoms with van der Waals surface area (Å²) >= 11 is 0. The van der Waals surface area contributed by atoms with E-state index in [2.05, 4.69) is 5.10 Å². The molecule has 6 heteroatoms. The van der Waals surface area contributed by atoms with Crippen LogP contribution in [0.15, 0.2) is 66.9 Å². The highest BCUT2D eigenvalue weighted by atomic mass is 16.5. The maximum atomic E-state index is 13.1. The van der Waals surface area contributed by atoms with Crippen LogP contribution in [0.25, 0.3) is 5.69 Å². The molecule has 0 N–H and O–H groups in total. The van der Waals surface area contributed by atoms with Crippen LogP contribution in [0.3, 0.4) is 0 Å². The summed E-state index contributed by atoms with van der Waals surface area (Å²) in [7, 11) is 1.33. The van der Waals surface area contributed by atoms with E-state index in [0.717, 1.165) is 16.9 Å². The van der Waals surface area contributed by atoms with Crippen molar-refractivity contribution in [3.63, 3.8) is 0 Å². The SMILES string of the molecule is COC(=O)[C@H]1Cc2ccccc2N1C(=O)c1ccn(-c2ccccc2)n1. The summed E-state index contributed by atoms with van der Waals surface area (Å²) in [6.45, 7) is 0. The molecule has 0 saturated heterocycles. The van der Waals surface area contributed by atoms with Gasteiger partial charge in [-0.05, 0) is 29.8 Å². The van der Waals surface area contributed by atoms with Gasteiger partial charge in [0.15, 0.2) is 5.69 Å². The molecule has 4 rings (SSSR count). The summed E-state index contributed by atoms with van der Waals surface area (Å²) in [6.07, 6.45) is 2.17. The fourth-order valence-corrected chi connectivity index (χ4v) is 3.25. The van der Waals surface area contributed by atoms with Gasteiger partial charge in [0, 0.05) is 18.3 Å². The summed E-state index contributed by atoms with van der Waals surface area (Å²) in [5, 5.41) is 4.39. The molecule has 0 aliphatic carbocycles. The van der Waals surface area contributed by atoms with E-state index < -0.39 is 12.0 Å². The van der Waals surface area contributed by atoms with Gasteiger partial charge >= 0.3 is 5.97 Å². The van der Waals surface area contributed by atoms with E-state index in [-0.39, 0.29) is 11.6 Å². The summed E-state index contributed by atoms with van der Waals surface area (Å²) in [5.41, 5.74) is 2.80. The topological polar surface area (TPSA) is 64.4 Å². The van der Waals surface area contributed by atoms with Gasteiger partial charge in [0.1, 0.15) is 6.04 Å². The molecule has 0 fully saturated rings. The third kappa shape index (κ3) is 2.65. The maximum Gasteiger partial charge on any atom is 0.329 e. The van der Waals surface area contributed by atoms with Crippen LogP contribution in [0.4, 0.5) is 5.69 Å². The number of amides is 1. The van der Waals surface area contributed by atoms with Crippen molar-refractivity contribution in [2.75, 3.05) is 12.0 Å². The zero-order valence-corrected chi connectivity index (χ0v) is 14.2. The number of hydrogen-bond donors (Lipinski definition) is 0. The number of esters is 1. The number of carbonyl (C=O) groups excluding carboxylic acids is 2. The molecule has 0 radical (unpaired) electrons. The van der Waals surface area contributed by atoms with E-state index in [1.54, 1.807) is 16.9 Å². The molecule has 2 aromatic carbocycles. The summed E-state index contributed by atoms with van der Waals surface area (Å²) < 4.78 is 6.54. The van der Waals surface area contributed by atoms with E-state index in [9.17, 15) is 9.59 Å². The van der Waals surface area contributed by atoms with E-state index in [4.69, 9.17) is 4.74 Å². The average Bonchev–Trinajstić information content (AvgIpc) is 3.32. The number of nitrogens with zero attached hydrogens (tertiary/aromatic N) is 3. The number of benzene rings is 2. The first-order valence-electron chi connectivity index (χ1n) is 8.29. The largest absolute Gasteiger partial charge is 0.467 e. The average molecular weight is 347 g/mol. The van der Waals surface area contributed by atoms with Crippen molar-refractivity contribution in [2.45, 2.75) is 12.5 Å². The third-order valence-electron chi connectivity index (χ3n) is 4.50. The van der Waals surface area contributed by atoms with Gasteiger partial charge in [-0.25, -0.2) is 9.48 Å². The minimum atomic E-state index is -0.674. The Labute approximate surface area is 150 Å². The Morgan fingerprint density at radius 2 is 1.77 bits per heavy atom. The third-order valence-corrected chi connectivity index (χ3v) is 4.50. The molecule has 130 valence electrons. The van der Waals surface area contributed by atoms with E-state index in [1.807, 2.05) is 54.6 Å². The van der Waals surface area contributed by atoms with Gasteiger partial charge in [-0.1, -0.05) is 36.4 Å². The molecule has 1 aromatic heterocycles. The summed E-state index contributed by atoms with van der Waals surface area (Å²) in [4.78, 5) is 26.8. The maximum absolute atomic E-state index is 13.1. The lowest BCUT2D eigenvalue weighted by molar-refractivity contribution is -0.141. The lowest BCUT2D eigenvalue weighted by Gasteiger charge is -2.22. The summed E-state index contributed by atoms with van der Waals surface area (Å²) in [5.74, 6) is -0.753. The molecule has 0 unspecified atom stereocenters. The van der Waals surface area contributed by atoms with Gasteiger partial charge in [0.2, 0.25) is 0 Å². The second-order valence-corrected chi connectivity index (χ2v) is 6.03. The lowest BCUT2D eigenvalue weighted by atomic mass is 10.1. The Hall–Kier alpha value is -3.41. The second kappa shape index (κ2) is 6.48. The molecule has 1 amide bonds. The highest BCUT2D eigenvalue weighted by Gasteiger charge is 2.40. The molecule has 26 heavy (non-hydrogen) atoms. The van der Waals surface area contributed by atoms with Crippen molar-refractivity contribution in [1.29, 1.82) is 0 Å². The van der Waals surface area contributed by atoms with Crippen molar-refractivity contribution in [1.82, 2.24) is 9.78 Å². The number of anilines is 1. The van der Waals surface area contributed by atoms with E-state index in [0.29, 0.717) is 6.42 Å². The fraction of sp³-hybridized carbons (Fsp3) is 0.150. The van der Waals surface area contributed by atoms with Gasteiger partial charge in [0.05, 0.1) is 12.8 Å². The minimum Gasteiger partial charge on any atom is -0.467 e. The van der Waals surface area contributed by atoms with Crippen LogP contribution in [-0.2, 0) is 16.0 Å². The molecule has 1 aliphatic heterocycles. The second-order valence-electron chi connectivity index (χ2n) is 6.03. The van der Waals surface area contributed by atoms with Crippen molar-refractivity contribution in [2.24, 2.45) is 0 Å². The van der Waals surface area contributed by atoms with Crippen molar-refractivity contribution in [3.8, 4) is 5.69 Å². The number of ether oxygens (including phenoxy) is 1. The van der Waals surface area contributed by atoms with Crippen LogP contribution in [-0.4, -0.2) is 34.8 Å². The van der Waals surface area contributed by atoms with Crippen LogP contribution >= 0.6 is 0 Å². The number of aromatic nitrogens is 2. The molecule has 0 spiro atoms. The number of hydrogen-bond acceptors (Lipinski definition) is 4. The first-order valence-corrected chi connectivity index (χ1v) is 8.29. The summed E-state index contributed by atoms with van der Waals surface area (Å²) in [6, 6.07) is 18.0. The zero-order valence-electron chi connectivity index (χ0n) is 14.2. The number of carbonyl (C=O) groups is 2. The van der Waals surface area contributed by atoms with E-state index >= 15 is 0 Å². The van der Waals surface area contributed by atoms with Crippen LogP contribution in [0.5, 0.6) is 0 Å². The lowest BCUT2D eigenvalue weighted by Crippen LogP contribution is -2.43. The van der Waals surface area contributed by atoms with Crippen molar-refractivity contribution in [3.05, 3.63) is 78.1 Å². The smallest absolute Gasteiger partial charge is 0.329 e. The minimum absolute atomic E-state index is 0.277. The van der Waals surface area contributed by atoms with E-state index in [1.165, 1.54) is 12.0 Å². The first-order chi connectivity index (χ1) is 12.7. The molecule has 3 aromatic rings. The predicted molar refractivity (Wildman–Crippen MR) is 96.3 cm³/mol. The normalized spacial score (nSPS) is 15.6. The van der Waals surface area contributed by atoms with Crippen LogP contribution < -0.4 is 4.90 Å². The predicted octanol–water partition coefficient (Wildman–Crippen LogP) is 2.62. The first kappa shape index (κ1) is 16.1. The zero-order chi connectivity index (χ0) is 18.1. The molecule has 6 nitrogen and oxygen atoms in total. The molecule has 0 saturated carbocycles. The van der Waals surface area contributed by atoms with Crippen LogP contribution in [0, 0.1) is 0 Å². The van der Waals surface area contributed by atoms with Gasteiger partial charge in [0.25, 0.3) is 5.91 Å². The molecule has 0 bridgehead atoms. The highest BCUT2D eigenvalue weighted by molar-refractivity contribution is 6.10. The Balaban J connectivity index is 1.70. The number of para-hydroxylation sites is 2. The molecule has 1 aliphatic rings. The number of rotatable bonds is 3. The van der Waals surface area contributed by atoms with Crippen molar-refractivity contribution < 1.29 is 14.3 Å². The van der Waals surface area contributed by atoms with Gasteiger partial charge in [-0.3, -0.25) is 9.69 Å². The Morgan fingerprint density at radius 1 is 1.04 bits per heavy atom. The molecular formula is C20H17N3O3. The van der Waals surface area contributed by atoms with Gasteiger partial charge < -0.3 is 4.74 Å². The molecule has 2 heterocycles. The molecule has 1 atom stereocenters. The Bertz CT molecular complexity index is 965. The highest BCUT2D eigenvalue weighted by Crippen LogP contribution is 2.33. The Kier molecular flexibility index (Phi) is 4.01. The van der Waals surface area contributed by atoms with Crippen molar-refractivity contribution >= 4 is 17.6 Å².